The first-order chi connectivity index (χ1) is 18.4. The molecular formula is C27H21F6N3O3. The number of alkyl halides is 6. The number of aromatic nitrogens is 1. The Morgan fingerprint density at radius 1 is 0.846 bits per heavy atom. The third-order valence-corrected chi connectivity index (χ3v) is 5.58. The number of amides is 1. The number of hydrogen-bond donors (Lipinski definition) is 1. The van der Waals surface area contributed by atoms with E-state index < -0.39 is 29.6 Å². The number of nitrogens with one attached hydrogen (secondary N) is 1. The Balaban J connectivity index is 1.59. The highest BCUT2D eigenvalue weighted by Crippen LogP contribution is 2.32. The van der Waals surface area contributed by atoms with Gasteiger partial charge in [0.05, 0.1) is 24.2 Å². The summed E-state index contributed by atoms with van der Waals surface area (Å²) in [5.41, 5.74) is -0.454. The van der Waals surface area contributed by atoms with Gasteiger partial charge in [-0.25, -0.2) is 4.79 Å². The number of carbonyl (C=O) groups is 1. The zero-order chi connectivity index (χ0) is 28.2. The summed E-state index contributed by atoms with van der Waals surface area (Å²) in [4.78, 5) is 18.3. The van der Waals surface area contributed by atoms with Crippen LogP contribution in [0.2, 0.25) is 0 Å². The molecule has 39 heavy (non-hydrogen) atoms. The molecule has 6 nitrogen and oxygen atoms in total. The molecule has 12 heteroatoms. The van der Waals surface area contributed by atoms with Gasteiger partial charge in [-0.15, -0.1) is 5.06 Å². The number of rotatable bonds is 7. The average Bonchev–Trinajstić information content (AvgIpc) is 3.23. The number of anilines is 1. The Hall–Kier alpha value is -4.32. The molecule has 0 saturated heterocycles. The SMILES string of the molecule is Cc1onc(-c2ccccc2)c1NC(=O)ON(Cc1cccc(C(F)(F)F)c1)Cc1cccc(C(F)(F)F)c1. The Morgan fingerprint density at radius 3 is 1.90 bits per heavy atom. The standard InChI is InChI=1S/C27H21F6N3O3/c1-17-23(24(35-38-17)20-9-3-2-4-10-20)34-25(37)39-36(15-18-7-5-11-21(13-18)26(28,29)30)16-19-8-6-12-22(14-19)27(31,32)33/h2-14H,15-16H2,1H3,(H,34,37). The van der Waals surface area contributed by atoms with E-state index in [4.69, 9.17) is 9.36 Å². The maximum atomic E-state index is 13.2. The lowest BCUT2D eigenvalue weighted by Gasteiger charge is -2.22. The lowest BCUT2D eigenvalue weighted by Crippen LogP contribution is -2.29. The van der Waals surface area contributed by atoms with E-state index in [0.717, 1.165) is 29.3 Å². The van der Waals surface area contributed by atoms with Crippen molar-refractivity contribution in [3.63, 3.8) is 0 Å². The number of hydrogen-bond acceptors (Lipinski definition) is 5. The Kier molecular flexibility index (Phi) is 7.95. The van der Waals surface area contributed by atoms with Crippen molar-refractivity contribution in [3.05, 3.63) is 107 Å². The van der Waals surface area contributed by atoms with Crippen molar-refractivity contribution in [2.24, 2.45) is 0 Å². The summed E-state index contributed by atoms with van der Waals surface area (Å²) in [5.74, 6) is 0.258. The van der Waals surface area contributed by atoms with Gasteiger partial charge in [0.25, 0.3) is 0 Å². The van der Waals surface area contributed by atoms with E-state index in [9.17, 15) is 31.1 Å². The van der Waals surface area contributed by atoms with Crippen molar-refractivity contribution in [2.45, 2.75) is 32.4 Å². The summed E-state index contributed by atoms with van der Waals surface area (Å²) in [6, 6.07) is 17.4. The van der Waals surface area contributed by atoms with Gasteiger partial charge in [0.15, 0.2) is 5.76 Å². The normalized spacial score (nSPS) is 12.0. The number of benzene rings is 3. The molecule has 0 spiro atoms. The number of hydroxylamine groups is 2. The highest BCUT2D eigenvalue weighted by Gasteiger charge is 2.32. The van der Waals surface area contributed by atoms with Crippen LogP contribution < -0.4 is 5.32 Å². The van der Waals surface area contributed by atoms with Crippen LogP contribution in [-0.4, -0.2) is 16.3 Å². The highest BCUT2D eigenvalue weighted by atomic mass is 19.4. The van der Waals surface area contributed by atoms with Gasteiger partial charge in [0.1, 0.15) is 11.4 Å². The third kappa shape index (κ3) is 7.17. The summed E-state index contributed by atoms with van der Waals surface area (Å²) in [5, 5.41) is 7.42. The molecule has 1 amide bonds. The van der Waals surface area contributed by atoms with Gasteiger partial charge in [-0.2, -0.15) is 26.3 Å². The van der Waals surface area contributed by atoms with Crippen molar-refractivity contribution in [1.82, 2.24) is 10.2 Å². The van der Waals surface area contributed by atoms with Gasteiger partial charge >= 0.3 is 18.4 Å². The molecule has 0 saturated carbocycles. The van der Waals surface area contributed by atoms with E-state index in [2.05, 4.69) is 10.5 Å². The first-order valence-electron chi connectivity index (χ1n) is 11.5. The lowest BCUT2D eigenvalue weighted by atomic mass is 10.1. The van der Waals surface area contributed by atoms with E-state index in [1.54, 1.807) is 37.3 Å². The van der Waals surface area contributed by atoms with E-state index >= 15 is 0 Å². The molecule has 0 fully saturated rings. The molecule has 0 radical (unpaired) electrons. The quantitative estimate of drug-likeness (QED) is 0.188. The predicted octanol–water partition coefficient (Wildman–Crippen LogP) is 7.85. The van der Waals surface area contributed by atoms with Crippen LogP contribution in [0.15, 0.2) is 83.4 Å². The minimum atomic E-state index is -4.61. The molecule has 0 unspecified atom stereocenters. The molecule has 4 rings (SSSR count). The van der Waals surface area contributed by atoms with E-state index in [1.165, 1.54) is 24.3 Å². The molecule has 0 aliphatic heterocycles. The van der Waals surface area contributed by atoms with Crippen molar-refractivity contribution >= 4 is 11.8 Å². The Labute approximate surface area is 218 Å². The van der Waals surface area contributed by atoms with Crippen LogP contribution in [-0.2, 0) is 30.3 Å². The highest BCUT2D eigenvalue weighted by molar-refractivity contribution is 5.90. The zero-order valence-corrected chi connectivity index (χ0v) is 20.3. The molecule has 4 aromatic rings. The molecule has 1 N–H and O–H groups in total. The van der Waals surface area contributed by atoms with Gasteiger partial charge in [0, 0.05) is 5.56 Å². The largest absolute Gasteiger partial charge is 0.430 e. The molecule has 0 aliphatic rings. The van der Waals surface area contributed by atoms with E-state index in [1.807, 2.05) is 0 Å². The predicted molar refractivity (Wildman–Crippen MR) is 129 cm³/mol. The molecule has 3 aromatic carbocycles. The summed E-state index contributed by atoms with van der Waals surface area (Å²) < 4.78 is 84.5. The Morgan fingerprint density at radius 2 is 1.38 bits per heavy atom. The van der Waals surface area contributed by atoms with Crippen LogP contribution in [0.25, 0.3) is 11.3 Å². The van der Waals surface area contributed by atoms with Gasteiger partial charge in [-0.3, -0.25) is 5.32 Å². The molecule has 1 aromatic heterocycles. The zero-order valence-electron chi connectivity index (χ0n) is 20.3. The fourth-order valence-corrected chi connectivity index (χ4v) is 3.77. The van der Waals surface area contributed by atoms with Crippen LogP contribution >= 0.6 is 0 Å². The number of halogens is 6. The summed E-state index contributed by atoms with van der Waals surface area (Å²) in [7, 11) is 0. The van der Waals surface area contributed by atoms with Crippen LogP contribution in [0.1, 0.15) is 28.0 Å². The average molecular weight is 549 g/mol. The fraction of sp³-hybridized carbons (Fsp3) is 0.185. The topological polar surface area (TPSA) is 67.6 Å². The Bertz CT molecular complexity index is 1380. The van der Waals surface area contributed by atoms with Gasteiger partial charge in [-0.05, 0) is 30.2 Å². The molecule has 0 atom stereocenters. The molecule has 1 heterocycles. The second kappa shape index (κ2) is 11.2. The van der Waals surface area contributed by atoms with Crippen molar-refractivity contribution < 1.29 is 40.5 Å². The molecule has 204 valence electrons. The minimum Gasteiger partial charge on any atom is -0.359 e. The number of aryl methyl sites for hydroxylation is 1. The van der Waals surface area contributed by atoms with Crippen molar-refractivity contribution in [2.75, 3.05) is 5.32 Å². The van der Waals surface area contributed by atoms with E-state index in [-0.39, 0.29) is 35.7 Å². The van der Waals surface area contributed by atoms with Crippen LogP contribution in [0.5, 0.6) is 0 Å². The fourth-order valence-electron chi connectivity index (χ4n) is 3.77. The minimum absolute atomic E-state index is 0.121. The number of carbonyl (C=O) groups excluding carboxylic acids is 1. The second-order valence-electron chi connectivity index (χ2n) is 8.53. The molecule has 0 aliphatic carbocycles. The first kappa shape index (κ1) is 27.7. The van der Waals surface area contributed by atoms with Gasteiger partial charge in [-0.1, -0.05) is 71.9 Å². The maximum absolute atomic E-state index is 13.2. The molecule has 0 bridgehead atoms. The van der Waals surface area contributed by atoms with Crippen molar-refractivity contribution in [1.29, 1.82) is 0 Å². The third-order valence-electron chi connectivity index (χ3n) is 5.58. The monoisotopic (exact) mass is 549 g/mol. The first-order valence-corrected chi connectivity index (χ1v) is 11.5. The van der Waals surface area contributed by atoms with E-state index in [0.29, 0.717) is 11.3 Å². The lowest BCUT2D eigenvalue weighted by molar-refractivity contribution is -0.138. The molecular weight excluding hydrogens is 528 g/mol. The summed E-state index contributed by atoms with van der Waals surface area (Å²) >= 11 is 0. The van der Waals surface area contributed by atoms with Gasteiger partial charge in [0.2, 0.25) is 0 Å². The maximum Gasteiger partial charge on any atom is 0.430 e. The second-order valence-corrected chi connectivity index (χ2v) is 8.53. The van der Waals surface area contributed by atoms with Gasteiger partial charge < -0.3 is 9.36 Å². The summed E-state index contributed by atoms with van der Waals surface area (Å²) in [6.07, 6.45) is -10.3. The number of nitrogens with zero attached hydrogens (tertiary/aromatic N) is 2. The van der Waals surface area contributed by atoms with Crippen LogP contribution in [0.4, 0.5) is 36.8 Å². The van der Waals surface area contributed by atoms with Crippen LogP contribution in [0, 0.1) is 6.92 Å². The summed E-state index contributed by atoms with van der Waals surface area (Å²) in [6.45, 7) is 0.863. The van der Waals surface area contributed by atoms with Crippen molar-refractivity contribution in [3.8, 4) is 11.3 Å². The smallest absolute Gasteiger partial charge is 0.359 e. The van der Waals surface area contributed by atoms with Crippen LogP contribution in [0.3, 0.4) is 0 Å².